The molecule has 0 fully saturated rings. The maximum absolute atomic E-state index is 5.52. The predicted molar refractivity (Wildman–Crippen MR) is 73.6 cm³/mol. The number of fused-ring (bicyclic) bond motifs is 1. The summed E-state index contributed by atoms with van der Waals surface area (Å²) in [5.41, 5.74) is 1.03. The fourth-order valence-corrected chi connectivity index (χ4v) is 2.75. The lowest BCUT2D eigenvalue weighted by Gasteiger charge is -2.04. The molecule has 0 aromatic carbocycles. The van der Waals surface area contributed by atoms with E-state index in [0.29, 0.717) is 19.0 Å². The Balaban J connectivity index is 1.72. The summed E-state index contributed by atoms with van der Waals surface area (Å²) >= 11 is 1.60. The molecule has 100 valence electrons. The number of methoxy groups -OCH3 is 1. The molecule has 3 rings (SSSR count). The zero-order chi connectivity index (χ0) is 13.2. The Kier molecular flexibility index (Phi) is 3.27. The van der Waals surface area contributed by atoms with Gasteiger partial charge in [0.25, 0.3) is 0 Å². The van der Waals surface area contributed by atoms with E-state index < -0.39 is 0 Å². The molecule has 0 unspecified atom stereocenters. The van der Waals surface area contributed by atoms with Gasteiger partial charge in [-0.2, -0.15) is 4.98 Å². The molecule has 0 aliphatic carbocycles. The number of hydrogen-bond donors (Lipinski definition) is 1. The van der Waals surface area contributed by atoms with Crippen molar-refractivity contribution >= 4 is 16.3 Å². The lowest BCUT2D eigenvalue weighted by Crippen LogP contribution is -2.14. The molecule has 6 heteroatoms. The van der Waals surface area contributed by atoms with Crippen LogP contribution in [0.1, 0.15) is 17.2 Å². The summed E-state index contributed by atoms with van der Waals surface area (Å²) in [7, 11) is 1.64. The minimum atomic E-state index is 0.676. The molecule has 0 bridgehead atoms. The monoisotopic (exact) mass is 277 g/mol. The van der Waals surface area contributed by atoms with Crippen molar-refractivity contribution < 1.29 is 9.15 Å². The number of imidazole rings is 1. The van der Waals surface area contributed by atoms with Crippen LogP contribution < -0.4 is 10.1 Å². The minimum Gasteiger partial charge on any atom is -0.480 e. The van der Waals surface area contributed by atoms with Crippen molar-refractivity contribution in [2.75, 3.05) is 7.11 Å². The van der Waals surface area contributed by atoms with Crippen LogP contribution in [0.3, 0.4) is 0 Å². The summed E-state index contributed by atoms with van der Waals surface area (Å²) in [5.74, 6) is 2.54. The molecule has 19 heavy (non-hydrogen) atoms. The first kappa shape index (κ1) is 12.3. The summed E-state index contributed by atoms with van der Waals surface area (Å²) in [6, 6.07) is 3.95. The van der Waals surface area contributed by atoms with E-state index in [9.17, 15) is 0 Å². The first-order valence-corrected chi connectivity index (χ1v) is 6.90. The van der Waals surface area contributed by atoms with Crippen molar-refractivity contribution in [2.24, 2.45) is 0 Å². The van der Waals surface area contributed by atoms with E-state index in [1.807, 2.05) is 35.0 Å². The van der Waals surface area contributed by atoms with Gasteiger partial charge in [0.2, 0.25) is 5.88 Å². The highest BCUT2D eigenvalue weighted by molar-refractivity contribution is 7.15. The van der Waals surface area contributed by atoms with Crippen LogP contribution in [0.2, 0.25) is 0 Å². The molecule has 5 nitrogen and oxygen atoms in total. The number of nitrogens with zero attached hydrogens (tertiary/aromatic N) is 2. The maximum Gasteiger partial charge on any atom is 0.237 e. The van der Waals surface area contributed by atoms with Gasteiger partial charge in [0.1, 0.15) is 17.2 Å². The molecule has 3 aromatic rings. The van der Waals surface area contributed by atoms with Gasteiger partial charge in [-0.1, -0.05) is 0 Å². The summed E-state index contributed by atoms with van der Waals surface area (Å²) in [4.78, 5) is 5.36. The van der Waals surface area contributed by atoms with E-state index in [-0.39, 0.29) is 0 Å². The van der Waals surface area contributed by atoms with Gasteiger partial charge in [-0.3, -0.25) is 4.40 Å². The van der Waals surface area contributed by atoms with Crippen molar-refractivity contribution in [2.45, 2.75) is 20.0 Å². The quantitative estimate of drug-likeness (QED) is 0.779. The van der Waals surface area contributed by atoms with E-state index in [1.54, 1.807) is 18.4 Å². The number of furan rings is 1. The van der Waals surface area contributed by atoms with Gasteiger partial charge in [-0.05, 0) is 19.1 Å². The molecule has 3 heterocycles. The topological polar surface area (TPSA) is 51.7 Å². The van der Waals surface area contributed by atoms with Crippen LogP contribution in [0.4, 0.5) is 0 Å². The van der Waals surface area contributed by atoms with E-state index in [4.69, 9.17) is 9.15 Å². The van der Waals surface area contributed by atoms with Crippen LogP contribution in [0, 0.1) is 6.92 Å². The molecule has 0 spiro atoms. The summed E-state index contributed by atoms with van der Waals surface area (Å²) in [5, 5.41) is 5.36. The summed E-state index contributed by atoms with van der Waals surface area (Å²) < 4.78 is 12.9. The third kappa shape index (κ3) is 2.36. The third-order valence-corrected chi connectivity index (χ3v) is 3.66. The normalized spacial score (nSPS) is 11.3. The number of thiazole rings is 1. The van der Waals surface area contributed by atoms with Crippen molar-refractivity contribution in [3.05, 3.63) is 40.9 Å². The first-order valence-electron chi connectivity index (χ1n) is 6.02. The Labute approximate surface area is 114 Å². The Morgan fingerprint density at radius 2 is 2.32 bits per heavy atom. The van der Waals surface area contributed by atoms with Crippen molar-refractivity contribution in [3.63, 3.8) is 0 Å². The molecule has 1 N–H and O–H groups in total. The minimum absolute atomic E-state index is 0.676. The Bertz CT molecular complexity index is 683. The molecule has 0 saturated heterocycles. The molecule has 0 atom stereocenters. The van der Waals surface area contributed by atoms with Gasteiger partial charge in [0.15, 0.2) is 4.96 Å². The van der Waals surface area contributed by atoms with Crippen LogP contribution in [0.25, 0.3) is 4.96 Å². The van der Waals surface area contributed by atoms with Crippen molar-refractivity contribution in [3.8, 4) is 5.88 Å². The fourth-order valence-electron chi connectivity index (χ4n) is 2.02. The molecule has 3 aromatic heterocycles. The largest absolute Gasteiger partial charge is 0.480 e. The van der Waals surface area contributed by atoms with Gasteiger partial charge in [0, 0.05) is 18.1 Å². The van der Waals surface area contributed by atoms with E-state index >= 15 is 0 Å². The van der Waals surface area contributed by atoms with Gasteiger partial charge in [-0.15, -0.1) is 11.3 Å². The fraction of sp³-hybridized carbons (Fsp3) is 0.308. The van der Waals surface area contributed by atoms with E-state index in [0.717, 1.165) is 22.2 Å². The van der Waals surface area contributed by atoms with Crippen LogP contribution in [0.5, 0.6) is 5.88 Å². The molecule has 0 aliphatic rings. The van der Waals surface area contributed by atoms with Crippen LogP contribution in [0.15, 0.2) is 28.1 Å². The Hall–Kier alpha value is -1.79. The smallest absolute Gasteiger partial charge is 0.237 e. The van der Waals surface area contributed by atoms with Gasteiger partial charge < -0.3 is 14.5 Å². The number of nitrogens with one attached hydrogen (secondary N) is 1. The average molecular weight is 277 g/mol. The SMILES string of the molecule is COc1nc2sccn2c1CNCc1ccc(C)o1. The second-order valence-corrected chi connectivity index (χ2v) is 5.11. The number of aromatic nitrogens is 2. The number of hydrogen-bond acceptors (Lipinski definition) is 5. The molecule has 0 amide bonds. The van der Waals surface area contributed by atoms with Gasteiger partial charge >= 0.3 is 0 Å². The molecular formula is C13H15N3O2S. The van der Waals surface area contributed by atoms with Crippen molar-refractivity contribution in [1.29, 1.82) is 0 Å². The first-order chi connectivity index (χ1) is 9.28. The highest BCUT2D eigenvalue weighted by atomic mass is 32.1. The lowest BCUT2D eigenvalue weighted by atomic mass is 10.4. The lowest BCUT2D eigenvalue weighted by molar-refractivity contribution is 0.391. The maximum atomic E-state index is 5.52. The van der Waals surface area contributed by atoms with E-state index in [1.165, 1.54) is 0 Å². The number of aryl methyl sites for hydroxylation is 1. The second-order valence-electron chi connectivity index (χ2n) is 4.24. The van der Waals surface area contributed by atoms with Gasteiger partial charge in [-0.25, -0.2) is 0 Å². The van der Waals surface area contributed by atoms with Crippen LogP contribution in [-0.2, 0) is 13.1 Å². The molecule has 0 radical (unpaired) electrons. The summed E-state index contributed by atoms with van der Waals surface area (Å²) in [6.07, 6.45) is 2.00. The molecule has 0 aliphatic heterocycles. The average Bonchev–Trinajstić information content (AvgIpc) is 3.06. The predicted octanol–water partition coefficient (Wildman–Crippen LogP) is 2.60. The van der Waals surface area contributed by atoms with Crippen LogP contribution >= 0.6 is 11.3 Å². The Morgan fingerprint density at radius 3 is 3.05 bits per heavy atom. The highest BCUT2D eigenvalue weighted by Gasteiger charge is 2.13. The standard InChI is InChI=1S/C13H15N3O2S/c1-9-3-4-10(18-9)7-14-8-11-12(17-2)15-13-16(11)5-6-19-13/h3-6,14H,7-8H2,1-2H3. The van der Waals surface area contributed by atoms with E-state index in [2.05, 4.69) is 10.3 Å². The van der Waals surface area contributed by atoms with Crippen molar-refractivity contribution in [1.82, 2.24) is 14.7 Å². The van der Waals surface area contributed by atoms with Gasteiger partial charge in [0.05, 0.1) is 13.7 Å². The number of rotatable bonds is 5. The second kappa shape index (κ2) is 5.07. The number of ether oxygens (including phenoxy) is 1. The summed E-state index contributed by atoms with van der Waals surface area (Å²) in [6.45, 7) is 3.31. The molecular weight excluding hydrogens is 262 g/mol. The third-order valence-electron chi connectivity index (χ3n) is 2.91. The Morgan fingerprint density at radius 1 is 1.42 bits per heavy atom. The highest BCUT2D eigenvalue weighted by Crippen LogP contribution is 2.22. The molecule has 0 saturated carbocycles. The zero-order valence-electron chi connectivity index (χ0n) is 10.8. The zero-order valence-corrected chi connectivity index (χ0v) is 11.7. The van der Waals surface area contributed by atoms with Crippen LogP contribution in [-0.4, -0.2) is 16.5 Å².